The highest BCUT2D eigenvalue weighted by atomic mass is 32.2. The third-order valence-corrected chi connectivity index (χ3v) is 4.06. The van der Waals surface area contributed by atoms with Gasteiger partial charge in [-0.3, -0.25) is 0 Å². The molecule has 0 bridgehead atoms. The van der Waals surface area contributed by atoms with E-state index in [4.69, 9.17) is 4.74 Å². The Morgan fingerprint density at radius 2 is 1.90 bits per heavy atom. The minimum atomic E-state index is -3.94. The number of hydrogen-bond acceptors (Lipinski definition) is 4. The van der Waals surface area contributed by atoms with Crippen molar-refractivity contribution in [3.05, 3.63) is 48.2 Å². The fourth-order valence-corrected chi connectivity index (χ4v) is 2.39. The second kappa shape index (κ2) is 7.11. The zero-order valence-electron chi connectivity index (χ0n) is 12.3. The molecule has 0 fully saturated rings. The summed E-state index contributed by atoms with van der Waals surface area (Å²) in [7, 11) is -3.94. The van der Waals surface area contributed by atoms with Crippen LogP contribution in [0, 0.1) is 12.8 Å². The van der Waals surface area contributed by atoms with Gasteiger partial charge >= 0.3 is 6.09 Å². The average molecular weight is 309 g/mol. The van der Waals surface area contributed by atoms with Crippen molar-refractivity contribution >= 4 is 16.1 Å². The molecule has 0 aliphatic carbocycles. The number of benzene rings is 1. The van der Waals surface area contributed by atoms with E-state index in [-0.39, 0.29) is 10.8 Å². The lowest BCUT2D eigenvalue weighted by atomic mass is 10.1. The molecule has 1 unspecified atom stereocenters. The van der Waals surface area contributed by atoms with Crippen molar-refractivity contribution in [2.45, 2.75) is 31.8 Å². The first-order chi connectivity index (χ1) is 9.76. The molecule has 0 saturated heterocycles. The molecule has 0 heterocycles. The van der Waals surface area contributed by atoms with Crippen LogP contribution in [0.3, 0.4) is 0 Å². The standard InChI is InChI=1S/C15H19NO4S/c1-5-6-14(11(2)3)20-15(17)16-21(18,19)13-9-7-12(4)8-10-13/h6-11,14H,1H2,2-4H3,(H,16,17). The number of carbonyl (C=O) groups is 1. The molecular formula is C15H19NO4S. The molecule has 0 aromatic heterocycles. The second-order valence-electron chi connectivity index (χ2n) is 4.90. The Hall–Kier alpha value is -2.04. The highest BCUT2D eigenvalue weighted by Crippen LogP contribution is 2.12. The minimum Gasteiger partial charge on any atom is -0.440 e. The van der Waals surface area contributed by atoms with Crippen LogP contribution in [-0.2, 0) is 14.8 Å². The molecule has 1 amide bonds. The zero-order valence-corrected chi connectivity index (χ0v) is 13.1. The molecule has 1 N–H and O–H groups in total. The summed E-state index contributed by atoms with van der Waals surface area (Å²) in [6.45, 7) is 8.92. The van der Waals surface area contributed by atoms with Crippen LogP contribution in [-0.4, -0.2) is 20.6 Å². The lowest BCUT2D eigenvalue weighted by Crippen LogP contribution is -2.34. The van der Waals surface area contributed by atoms with Gasteiger partial charge in [-0.15, -0.1) is 5.73 Å². The van der Waals surface area contributed by atoms with E-state index in [1.54, 1.807) is 12.1 Å². The van der Waals surface area contributed by atoms with Gasteiger partial charge in [0.15, 0.2) is 0 Å². The van der Waals surface area contributed by atoms with Crippen LogP contribution >= 0.6 is 0 Å². The molecule has 21 heavy (non-hydrogen) atoms. The fraction of sp³-hybridized carbons (Fsp3) is 0.333. The molecule has 1 aromatic rings. The predicted octanol–water partition coefficient (Wildman–Crippen LogP) is 2.78. The van der Waals surface area contributed by atoms with Gasteiger partial charge in [-0.1, -0.05) is 38.1 Å². The summed E-state index contributed by atoms with van der Waals surface area (Å²) in [5.41, 5.74) is 3.45. The van der Waals surface area contributed by atoms with E-state index in [1.165, 1.54) is 18.2 Å². The number of hydrogen-bond donors (Lipinski definition) is 1. The van der Waals surface area contributed by atoms with E-state index in [1.807, 2.05) is 25.5 Å². The first-order valence-electron chi connectivity index (χ1n) is 6.42. The van der Waals surface area contributed by atoms with E-state index in [2.05, 4.69) is 12.3 Å². The molecule has 0 spiro atoms. The molecule has 1 rings (SSSR count). The van der Waals surface area contributed by atoms with E-state index in [0.29, 0.717) is 0 Å². The van der Waals surface area contributed by atoms with Gasteiger partial charge in [0.25, 0.3) is 10.0 Å². The number of nitrogens with one attached hydrogen (secondary N) is 1. The average Bonchev–Trinajstić information content (AvgIpc) is 2.37. The molecule has 6 heteroatoms. The molecule has 0 saturated carbocycles. The Kier molecular flexibility index (Phi) is 5.76. The van der Waals surface area contributed by atoms with Gasteiger partial charge in [0, 0.05) is 0 Å². The van der Waals surface area contributed by atoms with Crippen molar-refractivity contribution in [3.63, 3.8) is 0 Å². The quantitative estimate of drug-likeness (QED) is 0.849. The van der Waals surface area contributed by atoms with Crippen molar-refractivity contribution in [1.82, 2.24) is 4.72 Å². The summed E-state index contributed by atoms with van der Waals surface area (Å²) < 4.78 is 31.0. The Bertz CT molecular complexity index is 641. The fourth-order valence-electron chi connectivity index (χ4n) is 1.51. The lowest BCUT2D eigenvalue weighted by Gasteiger charge is -2.17. The molecule has 0 aliphatic heterocycles. The van der Waals surface area contributed by atoms with Crippen LogP contribution in [0.5, 0.6) is 0 Å². The van der Waals surface area contributed by atoms with E-state index in [0.717, 1.165) is 5.56 Å². The van der Waals surface area contributed by atoms with Gasteiger partial charge in [-0.2, -0.15) is 0 Å². The number of amides is 1. The number of ether oxygens (including phenoxy) is 1. The SMILES string of the molecule is C=C=CC(OC(=O)NS(=O)(=O)c1ccc(C)cc1)C(C)C. The van der Waals surface area contributed by atoms with Crippen LogP contribution in [0.15, 0.2) is 47.5 Å². The third kappa shape index (κ3) is 5.10. The van der Waals surface area contributed by atoms with Crippen LogP contribution < -0.4 is 4.72 Å². The van der Waals surface area contributed by atoms with E-state index in [9.17, 15) is 13.2 Å². The molecule has 5 nitrogen and oxygen atoms in total. The highest BCUT2D eigenvalue weighted by Gasteiger charge is 2.21. The van der Waals surface area contributed by atoms with Gasteiger partial charge in [-0.05, 0) is 31.1 Å². The van der Waals surface area contributed by atoms with Crippen molar-refractivity contribution in [1.29, 1.82) is 0 Å². The van der Waals surface area contributed by atoms with Gasteiger partial charge in [-0.25, -0.2) is 17.9 Å². The summed E-state index contributed by atoms with van der Waals surface area (Å²) in [5, 5.41) is 0. The number of sulfonamides is 1. The zero-order chi connectivity index (χ0) is 16.0. The van der Waals surface area contributed by atoms with Crippen LogP contribution in [0.4, 0.5) is 4.79 Å². The van der Waals surface area contributed by atoms with Crippen LogP contribution in [0.1, 0.15) is 19.4 Å². The van der Waals surface area contributed by atoms with Gasteiger partial charge in [0.05, 0.1) is 4.90 Å². The van der Waals surface area contributed by atoms with Crippen molar-refractivity contribution in [2.75, 3.05) is 0 Å². The Labute approximate surface area is 125 Å². The summed E-state index contributed by atoms with van der Waals surface area (Å²) in [6, 6.07) is 6.15. The smallest absolute Gasteiger partial charge is 0.421 e. The largest absolute Gasteiger partial charge is 0.440 e. The molecule has 0 radical (unpaired) electrons. The number of aryl methyl sites for hydroxylation is 1. The van der Waals surface area contributed by atoms with Crippen LogP contribution in [0.2, 0.25) is 0 Å². The summed E-state index contributed by atoms with van der Waals surface area (Å²) in [5.74, 6) is -0.0212. The van der Waals surface area contributed by atoms with E-state index < -0.39 is 22.2 Å². The third-order valence-electron chi connectivity index (χ3n) is 2.73. The Morgan fingerprint density at radius 3 is 2.38 bits per heavy atom. The number of carbonyl (C=O) groups excluding carboxylic acids is 1. The number of rotatable bonds is 5. The lowest BCUT2D eigenvalue weighted by molar-refractivity contribution is 0.103. The molecule has 1 atom stereocenters. The summed E-state index contributed by atoms with van der Waals surface area (Å²) in [4.78, 5) is 11.7. The molecule has 0 aliphatic rings. The van der Waals surface area contributed by atoms with Gasteiger partial charge in [0.2, 0.25) is 0 Å². The van der Waals surface area contributed by atoms with E-state index >= 15 is 0 Å². The Balaban J connectivity index is 2.81. The topological polar surface area (TPSA) is 72.5 Å². The van der Waals surface area contributed by atoms with Crippen molar-refractivity contribution < 1.29 is 17.9 Å². The summed E-state index contributed by atoms with van der Waals surface area (Å²) in [6.07, 6.45) is -0.139. The predicted molar refractivity (Wildman–Crippen MR) is 80.3 cm³/mol. The maximum atomic E-state index is 12.0. The molecule has 114 valence electrons. The van der Waals surface area contributed by atoms with Crippen LogP contribution in [0.25, 0.3) is 0 Å². The van der Waals surface area contributed by atoms with Gasteiger partial charge in [0.1, 0.15) is 6.10 Å². The van der Waals surface area contributed by atoms with Gasteiger partial charge < -0.3 is 4.74 Å². The second-order valence-corrected chi connectivity index (χ2v) is 6.59. The highest BCUT2D eigenvalue weighted by molar-refractivity contribution is 7.90. The molecule has 1 aromatic carbocycles. The molecular weight excluding hydrogens is 290 g/mol. The monoisotopic (exact) mass is 309 g/mol. The van der Waals surface area contributed by atoms with Crippen molar-refractivity contribution in [2.24, 2.45) is 5.92 Å². The van der Waals surface area contributed by atoms with Crippen molar-refractivity contribution in [3.8, 4) is 0 Å². The normalized spacial score (nSPS) is 12.4. The minimum absolute atomic E-state index is 0.00501. The maximum Gasteiger partial charge on any atom is 0.421 e. The Morgan fingerprint density at radius 1 is 1.33 bits per heavy atom. The first kappa shape index (κ1) is 17.0. The maximum absolute atomic E-state index is 12.0. The summed E-state index contributed by atoms with van der Waals surface area (Å²) >= 11 is 0. The first-order valence-corrected chi connectivity index (χ1v) is 7.90.